The van der Waals surface area contributed by atoms with Crippen LogP contribution in [-0.2, 0) is 9.53 Å². The van der Waals surface area contributed by atoms with Crippen molar-refractivity contribution in [3.05, 3.63) is 12.3 Å². The zero-order valence-corrected chi connectivity index (χ0v) is 17.1. The fourth-order valence-corrected chi connectivity index (χ4v) is 2.02. The molecule has 0 fully saturated rings. The molecule has 0 unspecified atom stereocenters. The van der Waals surface area contributed by atoms with Crippen molar-refractivity contribution in [2.75, 3.05) is 6.61 Å². The van der Waals surface area contributed by atoms with Crippen molar-refractivity contribution < 1.29 is 102 Å². The van der Waals surface area contributed by atoms with E-state index in [0.29, 0.717) is 0 Å². The number of rotatable bonds is 12. The Kier molecular flexibility index (Phi) is 8.87. The molecular formula is C15H7F21O2. The van der Waals surface area contributed by atoms with Gasteiger partial charge in [0.1, 0.15) is 0 Å². The van der Waals surface area contributed by atoms with Crippen LogP contribution >= 0.6 is 0 Å². The lowest BCUT2D eigenvalue weighted by atomic mass is 9.85. The normalized spacial score (nSPS) is 16.3. The Morgan fingerprint density at radius 3 is 1.03 bits per heavy atom. The average molecular weight is 618 g/mol. The van der Waals surface area contributed by atoms with Crippen LogP contribution in [0.25, 0.3) is 0 Å². The van der Waals surface area contributed by atoms with Crippen LogP contribution in [0, 0.1) is 0 Å². The van der Waals surface area contributed by atoms with E-state index in [1.807, 2.05) is 0 Å². The minimum absolute atomic E-state index is 0.297. The summed E-state index contributed by atoms with van der Waals surface area (Å²) in [7, 11) is 0. The molecule has 0 heterocycles. The zero-order valence-electron chi connectivity index (χ0n) is 17.1. The lowest BCUT2D eigenvalue weighted by molar-refractivity contribution is -0.472. The lowest BCUT2D eigenvalue weighted by Crippen LogP contribution is -2.77. The van der Waals surface area contributed by atoms with Crippen LogP contribution in [0.3, 0.4) is 0 Å². The number of ketones is 1. The fourth-order valence-electron chi connectivity index (χ4n) is 2.02. The maximum absolute atomic E-state index is 13.6. The number of allylic oxidation sites excluding steroid dienone is 1. The molecular weight excluding hydrogens is 611 g/mol. The van der Waals surface area contributed by atoms with Crippen molar-refractivity contribution in [1.82, 2.24) is 0 Å². The van der Waals surface area contributed by atoms with Gasteiger partial charge in [-0.2, -0.15) is 92.2 Å². The van der Waals surface area contributed by atoms with Crippen LogP contribution in [-0.4, -0.2) is 71.9 Å². The van der Waals surface area contributed by atoms with Gasteiger partial charge >= 0.3 is 59.5 Å². The molecule has 23 heteroatoms. The number of hydrogen-bond donors (Lipinski definition) is 0. The molecule has 0 radical (unpaired) electrons. The van der Waals surface area contributed by atoms with Gasteiger partial charge in [-0.25, -0.2) is 0 Å². The Bertz CT molecular complexity index is 897. The van der Waals surface area contributed by atoms with Gasteiger partial charge in [0.2, 0.25) is 5.78 Å². The molecule has 0 aliphatic rings. The van der Waals surface area contributed by atoms with E-state index in [4.69, 9.17) is 0 Å². The number of ether oxygens (including phenoxy) is 1. The third kappa shape index (κ3) is 4.49. The first kappa shape index (κ1) is 35.7. The Balaban J connectivity index is 7.05. The van der Waals surface area contributed by atoms with Crippen LogP contribution in [0.15, 0.2) is 12.3 Å². The molecule has 0 rings (SSSR count). The number of carbonyl (C=O) groups is 1. The molecule has 0 bridgehead atoms. The number of carbonyl (C=O) groups excluding carboxylic acids is 1. The lowest BCUT2D eigenvalue weighted by Gasteiger charge is -2.44. The Morgan fingerprint density at radius 2 is 0.763 bits per heavy atom. The molecule has 0 spiro atoms. The maximum Gasteiger partial charge on any atom is 0.460 e. The minimum Gasteiger partial charge on any atom is -0.501 e. The predicted octanol–water partition coefficient (Wildman–Crippen LogP) is 7.39. The molecule has 0 aromatic rings. The van der Waals surface area contributed by atoms with Crippen LogP contribution < -0.4 is 0 Å². The van der Waals surface area contributed by atoms with E-state index < -0.39 is 77.9 Å². The topological polar surface area (TPSA) is 26.3 Å². The highest BCUT2D eigenvalue weighted by atomic mass is 19.4. The van der Waals surface area contributed by atoms with Crippen LogP contribution in [0.5, 0.6) is 0 Å². The molecule has 0 amide bonds. The number of halogens is 21. The highest BCUT2D eigenvalue weighted by Gasteiger charge is 2.98. The van der Waals surface area contributed by atoms with E-state index >= 15 is 0 Å². The molecule has 0 saturated heterocycles. The van der Waals surface area contributed by atoms with E-state index in [2.05, 4.69) is 4.74 Å². The maximum atomic E-state index is 13.6. The predicted molar refractivity (Wildman–Crippen MR) is 76.4 cm³/mol. The summed E-state index contributed by atoms with van der Waals surface area (Å²) < 4.78 is 280. The largest absolute Gasteiger partial charge is 0.501 e. The highest BCUT2D eigenvalue weighted by Crippen LogP contribution is 2.66. The number of hydrogen-bond acceptors (Lipinski definition) is 2. The van der Waals surface area contributed by atoms with Gasteiger partial charge < -0.3 is 4.74 Å². The second kappa shape index (κ2) is 9.44. The van der Waals surface area contributed by atoms with Gasteiger partial charge in [0.05, 0.1) is 12.9 Å². The monoisotopic (exact) mass is 618 g/mol. The van der Waals surface area contributed by atoms with E-state index in [1.54, 1.807) is 0 Å². The second-order valence-electron chi connectivity index (χ2n) is 6.79. The second-order valence-corrected chi connectivity index (χ2v) is 6.79. The molecule has 2 nitrogen and oxygen atoms in total. The highest BCUT2D eigenvalue weighted by molar-refractivity contribution is 5.96. The SMILES string of the molecule is CCO/C=C/C(=O)C(F)(F)C(F)(F)C(F)(F)C(F)(F)C(F)(F)C(F)(F)C(F)(F)C(F)(F)C(F)(F)C(F)(F)F. The smallest absolute Gasteiger partial charge is 0.460 e. The summed E-state index contributed by atoms with van der Waals surface area (Å²) >= 11 is 0. The Hall–Kier alpha value is -2.26. The van der Waals surface area contributed by atoms with Crippen molar-refractivity contribution in [1.29, 1.82) is 0 Å². The molecule has 0 atom stereocenters. The van der Waals surface area contributed by atoms with Gasteiger partial charge in [-0.15, -0.1) is 0 Å². The van der Waals surface area contributed by atoms with Gasteiger partial charge in [0.15, 0.2) is 0 Å². The van der Waals surface area contributed by atoms with E-state index in [0.717, 1.165) is 6.92 Å². The van der Waals surface area contributed by atoms with Crippen molar-refractivity contribution in [3.63, 3.8) is 0 Å². The Labute approximate surface area is 194 Å². The van der Waals surface area contributed by atoms with E-state index in [9.17, 15) is 97.0 Å². The fraction of sp³-hybridized carbons (Fsp3) is 0.800. The van der Waals surface area contributed by atoms with Crippen molar-refractivity contribution in [2.45, 2.75) is 66.4 Å². The van der Waals surface area contributed by atoms with Gasteiger partial charge in [-0.3, -0.25) is 4.79 Å². The van der Waals surface area contributed by atoms with Crippen molar-refractivity contribution in [3.8, 4) is 0 Å². The molecule has 0 aromatic carbocycles. The van der Waals surface area contributed by atoms with Crippen molar-refractivity contribution >= 4 is 5.78 Å². The first-order valence-electron chi connectivity index (χ1n) is 8.53. The zero-order chi connectivity index (χ0) is 31.4. The van der Waals surface area contributed by atoms with E-state index in [1.165, 1.54) is 0 Å². The average Bonchev–Trinajstić information content (AvgIpc) is 2.71. The van der Waals surface area contributed by atoms with Gasteiger partial charge in [0.25, 0.3) is 0 Å². The Morgan fingerprint density at radius 1 is 0.500 bits per heavy atom. The van der Waals surface area contributed by atoms with Crippen LogP contribution in [0.2, 0.25) is 0 Å². The van der Waals surface area contributed by atoms with E-state index in [-0.39, 0.29) is 6.26 Å². The summed E-state index contributed by atoms with van der Waals surface area (Å²) in [5.74, 6) is -82.3. The molecule has 0 N–H and O–H groups in total. The molecule has 38 heavy (non-hydrogen) atoms. The quantitative estimate of drug-likeness (QED) is 0.130. The van der Waals surface area contributed by atoms with Crippen LogP contribution in [0.1, 0.15) is 6.92 Å². The minimum atomic E-state index is -9.25. The molecule has 226 valence electrons. The standard InChI is InChI=1S/C15H7F21O2/c1-2-38-4-3-5(37)6(16,17)7(18,19)8(20,21)9(22,23)10(24,25)11(26,27)12(28,29)13(30,31)14(32,33)15(34,35)36/h3-4H,2H2,1H3/b4-3+. The van der Waals surface area contributed by atoms with Crippen LogP contribution in [0.4, 0.5) is 92.2 Å². The third-order valence-corrected chi connectivity index (χ3v) is 4.30. The molecule has 0 aromatic heterocycles. The summed E-state index contributed by atoms with van der Waals surface area (Å²) in [6.45, 7) is 0.427. The molecule has 0 aliphatic heterocycles. The summed E-state index contributed by atoms with van der Waals surface area (Å²) in [5.41, 5.74) is 0. The van der Waals surface area contributed by atoms with Gasteiger partial charge in [-0.05, 0) is 6.92 Å². The summed E-state index contributed by atoms with van der Waals surface area (Å²) in [5, 5.41) is 0. The van der Waals surface area contributed by atoms with Crippen molar-refractivity contribution in [2.24, 2.45) is 0 Å². The summed E-state index contributed by atoms with van der Waals surface area (Å²) in [6.07, 6.45) is -9.26. The molecule has 0 saturated carbocycles. The summed E-state index contributed by atoms with van der Waals surface area (Å²) in [6, 6.07) is 0. The van der Waals surface area contributed by atoms with Gasteiger partial charge in [0, 0.05) is 6.08 Å². The molecule has 0 aliphatic carbocycles. The number of alkyl halides is 21. The third-order valence-electron chi connectivity index (χ3n) is 4.30. The van der Waals surface area contributed by atoms with Gasteiger partial charge in [-0.1, -0.05) is 0 Å². The first-order valence-corrected chi connectivity index (χ1v) is 8.53. The first-order chi connectivity index (χ1) is 16.2. The summed E-state index contributed by atoms with van der Waals surface area (Å²) in [4.78, 5) is 11.0.